The predicted molar refractivity (Wildman–Crippen MR) is 316 cm³/mol. The molecule has 0 spiro atoms. The van der Waals surface area contributed by atoms with Crippen molar-refractivity contribution in [3.8, 4) is 0 Å². The third-order valence-electron chi connectivity index (χ3n) is 12.3. The molecule has 0 aromatic heterocycles. The van der Waals surface area contributed by atoms with Crippen LogP contribution in [-0.4, -0.2) is 6.21 Å². The second-order valence-corrected chi connectivity index (χ2v) is 22.3. The van der Waals surface area contributed by atoms with Crippen LogP contribution in [0.1, 0.15) is 259 Å². The standard InChI is InChI=1S/C36H52FN.C8H16.2C6H12.2C4H10.C2H6/c1-11-17-31(34(37)15-5)18-16-24-38-35(30(10)27(6)7)26-28(8)32-19-20-33(29(9)25-32)36(21-12-2,22-13-3)23-14-4;1-3-7-5-6-8(7)4-2;1-5-3-6(2)4-5;1-5-6(2,3)4;2*1-4(2)3;1-2/h11,15,17,19-20,24-26H,5,8,12-14,16,18,21-23H2,1-4,6-7,9-10H3;7-8H,3-6H2,1-2H3;5-6H,3-4H2,1-2H3;5H,1H2,2-4H3;2*4H,1-3H3;1-2H3/b17-11-,34-31-,35-26+,38-24?;;;;;;. The van der Waals surface area contributed by atoms with E-state index < -0.39 is 0 Å². The molecule has 1 aromatic carbocycles. The van der Waals surface area contributed by atoms with Crippen LogP contribution in [-0.2, 0) is 5.41 Å². The summed E-state index contributed by atoms with van der Waals surface area (Å²) in [6, 6.07) is 6.89. The Morgan fingerprint density at radius 1 is 0.794 bits per heavy atom. The molecule has 2 saturated carbocycles. The molecule has 0 bridgehead atoms. The van der Waals surface area contributed by atoms with Gasteiger partial charge in [-0.05, 0) is 184 Å². The van der Waals surface area contributed by atoms with Gasteiger partial charge in [0.25, 0.3) is 0 Å². The van der Waals surface area contributed by atoms with Crippen molar-refractivity contribution in [2.75, 3.05) is 0 Å². The van der Waals surface area contributed by atoms with Crippen molar-refractivity contribution in [1.29, 1.82) is 0 Å². The lowest BCUT2D eigenvalue weighted by atomic mass is 9.69. The highest BCUT2D eigenvalue weighted by atomic mass is 19.1. The lowest BCUT2D eigenvalue weighted by molar-refractivity contribution is 0.165. The first-order valence-electron chi connectivity index (χ1n) is 27.8. The lowest BCUT2D eigenvalue weighted by Crippen LogP contribution is -2.27. The molecule has 394 valence electrons. The Bertz CT molecular complexity index is 1560. The summed E-state index contributed by atoms with van der Waals surface area (Å²) in [5, 5.41) is 0. The van der Waals surface area contributed by atoms with Crippen molar-refractivity contribution in [2.24, 2.45) is 45.9 Å². The number of aryl methyl sites for hydroxylation is 1. The maximum Gasteiger partial charge on any atom is 0.125 e. The molecule has 0 amide bonds. The number of rotatable bonds is 18. The van der Waals surface area contributed by atoms with E-state index in [1.165, 1.54) is 99.8 Å². The van der Waals surface area contributed by atoms with Crippen LogP contribution in [0.2, 0.25) is 0 Å². The molecule has 2 unspecified atom stereocenters. The van der Waals surface area contributed by atoms with Crippen LogP contribution in [0.4, 0.5) is 4.39 Å². The minimum absolute atomic E-state index is 0.261. The maximum absolute atomic E-state index is 14.1. The second-order valence-electron chi connectivity index (χ2n) is 22.3. The third-order valence-corrected chi connectivity index (χ3v) is 12.3. The summed E-state index contributed by atoms with van der Waals surface area (Å²) in [7, 11) is 0. The van der Waals surface area contributed by atoms with Crippen LogP contribution < -0.4 is 0 Å². The number of halogens is 1. The van der Waals surface area contributed by atoms with Gasteiger partial charge in [0.05, 0.1) is 5.70 Å². The van der Waals surface area contributed by atoms with Crippen LogP contribution >= 0.6 is 0 Å². The summed E-state index contributed by atoms with van der Waals surface area (Å²) in [5.41, 5.74) is 9.38. The molecule has 68 heavy (non-hydrogen) atoms. The first kappa shape index (κ1) is 71.6. The fourth-order valence-corrected chi connectivity index (χ4v) is 8.44. The van der Waals surface area contributed by atoms with E-state index in [1.54, 1.807) is 6.08 Å². The summed E-state index contributed by atoms with van der Waals surface area (Å²) in [6.45, 7) is 61.6. The number of allylic oxidation sites excluding steroid dienone is 10. The largest absolute Gasteiger partial charge is 0.261 e. The molecular weight excluding hydrogens is 826 g/mol. The summed E-state index contributed by atoms with van der Waals surface area (Å²) >= 11 is 0. The van der Waals surface area contributed by atoms with Gasteiger partial charge in [0, 0.05) is 6.21 Å². The minimum atomic E-state index is -0.277. The van der Waals surface area contributed by atoms with E-state index in [2.05, 4.69) is 182 Å². The Hall–Kier alpha value is -3.00. The monoisotopic (exact) mass is 944 g/mol. The van der Waals surface area contributed by atoms with Gasteiger partial charge in [0.2, 0.25) is 0 Å². The summed E-state index contributed by atoms with van der Waals surface area (Å²) in [4.78, 5) is 4.80. The van der Waals surface area contributed by atoms with Gasteiger partial charge in [0.1, 0.15) is 5.83 Å². The van der Waals surface area contributed by atoms with Crippen LogP contribution in [0.25, 0.3) is 5.57 Å². The number of hydrogen-bond acceptors (Lipinski definition) is 1. The van der Waals surface area contributed by atoms with Crippen LogP contribution in [0.15, 0.2) is 102 Å². The molecule has 1 nitrogen and oxygen atoms in total. The topological polar surface area (TPSA) is 12.4 Å². The molecule has 0 saturated heterocycles. The predicted octanol–water partition coefficient (Wildman–Crippen LogP) is 23.2. The molecule has 2 atom stereocenters. The first-order valence-corrected chi connectivity index (χ1v) is 27.8. The van der Waals surface area contributed by atoms with E-state index in [1.807, 2.05) is 39.1 Å². The van der Waals surface area contributed by atoms with Gasteiger partial charge in [-0.2, -0.15) is 0 Å². The molecule has 0 radical (unpaired) electrons. The van der Waals surface area contributed by atoms with Crippen LogP contribution in [0.5, 0.6) is 0 Å². The van der Waals surface area contributed by atoms with Crippen molar-refractivity contribution in [1.82, 2.24) is 0 Å². The van der Waals surface area contributed by atoms with E-state index in [0.717, 1.165) is 57.9 Å². The summed E-state index contributed by atoms with van der Waals surface area (Å²) in [6.07, 6.45) is 28.1. The van der Waals surface area contributed by atoms with Crippen molar-refractivity contribution >= 4 is 11.8 Å². The van der Waals surface area contributed by atoms with E-state index in [4.69, 9.17) is 4.99 Å². The van der Waals surface area contributed by atoms with Crippen molar-refractivity contribution in [2.45, 2.75) is 255 Å². The molecule has 1 aromatic rings. The quantitative estimate of drug-likeness (QED) is 0.0790. The molecule has 2 fully saturated rings. The van der Waals surface area contributed by atoms with Gasteiger partial charge in [-0.15, -0.1) is 6.58 Å². The number of nitrogens with zero attached hydrogens (tertiary/aromatic N) is 1. The molecule has 0 heterocycles. The lowest BCUT2D eigenvalue weighted by Gasteiger charge is -2.36. The van der Waals surface area contributed by atoms with E-state index in [0.29, 0.717) is 23.8 Å². The SMILES string of the molecule is C=C/C(F)=C(\C=C/C)CCC=N/C(=C/C(=C)c1ccc(C(CCC)(CCC)CCC)c(C)c1)C(C)=C(C)C.C=CC(C)(C)C.CC.CC(C)C.CC(C)C.CC1CC(C)C1.CCC1CCC1CC. The molecule has 3 rings (SSSR count). The van der Waals surface area contributed by atoms with Crippen LogP contribution in [0.3, 0.4) is 0 Å². The second kappa shape index (κ2) is 41.8. The van der Waals surface area contributed by atoms with Gasteiger partial charge in [-0.1, -0.05) is 212 Å². The minimum Gasteiger partial charge on any atom is -0.261 e. The molecule has 0 N–H and O–H groups in total. The highest BCUT2D eigenvalue weighted by molar-refractivity contribution is 5.75. The zero-order valence-corrected chi connectivity index (χ0v) is 50.0. The maximum atomic E-state index is 14.1. The van der Waals surface area contributed by atoms with Crippen molar-refractivity contribution in [3.63, 3.8) is 0 Å². The van der Waals surface area contributed by atoms with Gasteiger partial charge in [0.15, 0.2) is 0 Å². The highest BCUT2D eigenvalue weighted by Crippen LogP contribution is 2.41. The third kappa shape index (κ3) is 34.3. The van der Waals surface area contributed by atoms with E-state index in [9.17, 15) is 4.39 Å². The fourth-order valence-electron chi connectivity index (χ4n) is 8.44. The first-order chi connectivity index (χ1) is 31.8. The molecular formula is C66H118FN. The van der Waals surface area contributed by atoms with E-state index in [-0.39, 0.29) is 11.2 Å². The van der Waals surface area contributed by atoms with Crippen LogP contribution in [0, 0.1) is 47.8 Å². The summed E-state index contributed by atoms with van der Waals surface area (Å²) in [5.74, 6) is 5.67. The average molecular weight is 945 g/mol. The normalized spacial score (nSPS) is 17.8. The van der Waals surface area contributed by atoms with Gasteiger partial charge >= 0.3 is 0 Å². The van der Waals surface area contributed by atoms with E-state index >= 15 is 0 Å². The number of benzene rings is 1. The zero-order valence-electron chi connectivity index (χ0n) is 50.0. The smallest absolute Gasteiger partial charge is 0.125 e. The van der Waals surface area contributed by atoms with Crippen molar-refractivity contribution in [3.05, 3.63) is 113 Å². The van der Waals surface area contributed by atoms with Gasteiger partial charge in [-0.3, -0.25) is 4.99 Å². The van der Waals surface area contributed by atoms with Gasteiger partial charge in [-0.25, -0.2) is 4.39 Å². The number of hydrogen-bond donors (Lipinski definition) is 0. The Morgan fingerprint density at radius 3 is 1.50 bits per heavy atom. The van der Waals surface area contributed by atoms with Gasteiger partial charge < -0.3 is 0 Å². The molecule has 2 aliphatic carbocycles. The Labute approximate surface area is 428 Å². The molecule has 2 aliphatic rings. The molecule has 0 aliphatic heterocycles. The fraction of sp³-hybridized carbons (Fsp3) is 0.682. The van der Waals surface area contributed by atoms with Crippen molar-refractivity contribution < 1.29 is 4.39 Å². The Kier molecular flexibility index (Phi) is 43.9. The molecule has 2 heteroatoms. The summed E-state index contributed by atoms with van der Waals surface area (Å²) < 4.78 is 14.1. The number of aliphatic imine (C=N–C) groups is 1. The Balaban J connectivity index is -0.000000540. The zero-order chi connectivity index (χ0) is 53.6. The average Bonchev–Trinajstić information content (AvgIpc) is 3.24. The Morgan fingerprint density at radius 2 is 1.22 bits per heavy atom. The highest BCUT2D eigenvalue weighted by Gasteiger charge is 2.31.